The van der Waals surface area contributed by atoms with Crippen LogP contribution in [-0.2, 0) is 0 Å². The van der Waals surface area contributed by atoms with Crippen LogP contribution in [0.2, 0.25) is 0 Å². The van der Waals surface area contributed by atoms with Crippen molar-refractivity contribution in [1.82, 2.24) is 15.3 Å². The summed E-state index contributed by atoms with van der Waals surface area (Å²) in [7, 11) is 0. The van der Waals surface area contributed by atoms with E-state index in [4.69, 9.17) is 0 Å². The summed E-state index contributed by atoms with van der Waals surface area (Å²) in [6.45, 7) is 1.85. The molecule has 1 aromatic carbocycles. The third-order valence-electron chi connectivity index (χ3n) is 2.98. The number of nitro groups is 1. The predicted octanol–water partition coefficient (Wildman–Crippen LogP) is 1.90. The van der Waals surface area contributed by atoms with Gasteiger partial charge >= 0.3 is 0 Å². The lowest BCUT2D eigenvalue weighted by atomic mass is 10.1. The SMILES string of the molecule is CCC(NC(=O)c1cc(O)ccc1[N+](=O)[O-])c1ncc[nH]1. The second-order valence-corrected chi connectivity index (χ2v) is 4.37. The number of nitrogens with one attached hydrogen (secondary N) is 2. The molecule has 8 nitrogen and oxygen atoms in total. The summed E-state index contributed by atoms with van der Waals surface area (Å²) in [5.41, 5.74) is -0.551. The van der Waals surface area contributed by atoms with E-state index in [1.807, 2.05) is 6.92 Å². The van der Waals surface area contributed by atoms with E-state index in [9.17, 15) is 20.0 Å². The molecule has 1 heterocycles. The smallest absolute Gasteiger partial charge is 0.282 e. The Morgan fingerprint density at radius 3 is 2.90 bits per heavy atom. The highest BCUT2D eigenvalue weighted by Crippen LogP contribution is 2.24. The number of phenolic OH excluding ortho intramolecular Hbond substituents is 1. The van der Waals surface area contributed by atoms with Gasteiger partial charge in [0.1, 0.15) is 17.1 Å². The largest absolute Gasteiger partial charge is 0.508 e. The molecule has 0 spiro atoms. The van der Waals surface area contributed by atoms with E-state index in [2.05, 4.69) is 15.3 Å². The van der Waals surface area contributed by atoms with Gasteiger partial charge in [-0.3, -0.25) is 14.9 Å². The van der Waals surface area contributed by atoms with Crippen LogP contribution >= 0.6 is 0 Å². The highest BCUT2D eigenvalue weighted by molar-refractivity contribution is 5.98. The summed E-state index contributed by atoms with van der Waals surface area (Å²) in [6, 6.07) is 2.94. The molecule has 1 amide bonds. The number of amides is 1. The van der Waals surface area contributed by atoms with Crippen LogP contribution in [0.15, 0.2) is 30.6 Å². The minimum absolute atomic E-state index is 0.190. The number of aromatic nitrogens is 2. The highest BCUT2D eigenvalue weighted by atomic mass is 16.6. The van der Waals surface area contributed by atoms with Crippen molar-refractivity contribution in [2.75, 3.05) is 0 Å². The van der Waals surface area contributed by atoms with Crippen molar-refractivity contribution in [3.05, 3.63) is 52.1 Å². The van der Waals surface area contributed by atoms with E-state index in [0.29, 0.717) is 12.2 Å². The zero-order valence-corrected chi connectivity index (χ0v) is 11.2. The summed E-state index contributed by atoms with van der Waals surface area (Å²) in [4.78, 5) is 29.4. The quantitative estimate of drug-likeness (QED) is 0.573. The summed E-state index contributed by atoms with van der Waals surface area (Å²) in [5, 5.41) is 23.0. The molecular weight excluding hydrogens is 276 g/mol. The van der Waals surface area contributed by atoms with Gasteiger partial charge in [0.15, 0.2) is 0 Å². The van der Waals surface area contributed by atoms with Crippen LogP contribution in [-0.4, -0.2) is 25.9 Å². The maximum Gasteiger partial charge on any atom is 0.282 e. The molecule has 0 saturated heterocycles. The first-order valence-electron chi connectivity index (χ1n) is 6.30. The van der Waals surface area contributed by atoms with Crippen molar-refractivity contribution in [1.29, 1.82) is 0 Å². The number of hydrogen-bond acceptors (Lipinski definition) is 5. The Kier molecular flexibility index (Phi) is 4.17. The van der Waals surface area contributed by atoms with Crippen molar-refractivity contribution in [2.24, 2.45) is 0 Å². The van der Waals surface area contributed by atoms with Crippen molar-refractivity contribution < 1.29 is 14.8 Å². The van der Waals surface area contributed by atoms with E-state index in [1.165, 1.54) is 6.07 Å². The van der Waals surface area contributed by atoms with Crippen molar-refractivity contribution in [3.8, 4) is 5.75 Å². The number of nitro benzene ring substituents is 1. The molecule has 3 N–H and O–H groups in total. The average Bonchev–Trinajstić information content (AvgIpc) is 2.98. The van der Waals surface area contributed by atoms with E-state index >= 15 is 0 Å². The van der Waals surface area contributed by atoms with Crippen LogP contribution in [0.25, 0.3) is 0 Å². The minimum Gasteiger partial charge on any atom is -0.508 e. The normalized spacial score (nSPS) is 11.9. The fourth-order valence-corrected chi connectivity index (χ4v) is 1.93. The third kappa shape index (κ3) is 3.16. The Morgan fingerprint density at radius 1 is 1.57 bits per heavy atom. The molecule has 1 unspecified atom stereocenters. The number of hydrogen-bond donors (Lipinski definition) is 3. The fourth-order valence-electron chi connectivity index (χ4n) is 1.93. The lowest BCUT2D eigenvalue weighted by Crippen LogP contribution is -2.29. The zero-order chi connectivity index (χ0) is 15.4. The molecule has 0 aliphatic rings. The Bertz CT molecular complexity index is 654. The number of aromatic hydroxyl groups is 1. The van der Waals surface area contributed by atoms with Crippen LogP contribution in [0.5, 0.6) is 5.75 Å². The van der Waals surface area contributed by atoms with E-state index < -0.39 is 16.9 Å². The molecule has 0 bridgehead atoms. The van der Waals surface area contributed by atoms with Gasteiger partial charge < -0.3 is 15.4 Å². The van der Waals surface area contributed by atoms with Gasteiger partial charge in [0, 0.05) is 18.5 Å². The van der Waals surface area contributed by atoms with Crippen molar-refractivity contribution >= 4 is 11.6 Å². The second-order valence-electron chi connectivity index (χ2n) is 4.37. The Morgan fingerprint density at radius 2 is 2.33 bits per heavy atom. The summed E-state index contributed by atoms with van der Waals surface area (Å²) in [6.07, 6.45) is 3.74. The topological polar surface area (TPSA) is 121 Å². The van der Waals surface area contributed by atoms with Gasteiger partial charge in [0.05, 0.1) is 11.0 Å². The molecule has 1 atom stereocenters. The van der Waals surface area contributed by atoms with Gasteiger partial charge in [-0.15, -0.1) is 0 Å². The van der Waals surface area contributed by atoms with Crippen molar-refractivity contribution in [2.45, 2.75) is 19.4 Å². The summed E-state index contributed by atoms with van der Waals surface area (Å²) in [5.74, 6) is -0.286. The van der Waals surface area contributed by atoms with Gasteiger partial charge in [0.25, 0.3) is 11.6 Å². The number of H-pyrrole nitrogens is 1. The molecular formula is C13H14N4O4. The van der Waals surface area contributed by atoms with Gasteiger partial charge in [-0.05, 0) is 18.6 Å². The number of aromatic amines is 1. The molecule has 0 saturated carbocycles. The molecule has 0 radical (unpaired) electrons. The number of carbonyl (C=O) groups excluding carboxylic acids is 1. The number of rotatable bonds is 5. The van der Waals surface area contributed by atoms with Gasteiger partial charge in [-0.2, -0.15) is 0 Å². The Balaban J connectivity index is 2.27. The lowest BCUT2D eigenvalue weighted by Gasteiger charge is -2.14. The first kappa shape index (κ1) is 14.5. The average molecular weight is 290 g/mol. The molecule has 110 valence electrons. The number of imidazole rings is 1. The first-order valence-corrected chi connectivity index (χ1v) is 6.30. The molecule has 0 aliphatic heterocycles. The number of phenols is 1. The third-order valence-corrected chi connectivity index (χ3v) is 2.98. The maximum absolute atomic E-state index is 12.2. The summed E-state index contributed by atoms with van der Waals surface area (Å²) >= 11 is 0. The second kappa shape index (κ2) is 6.04. The molecule has 1 aromatic heterocycles. The lowest BCUT2D eigenvalue weighted by molar-refractivity contribution is -0.385. The van der Waals surface area contributed by atoms with Gasteiger partial charge in [-0.25, -0.2) is 4.98 Å². The molecule has 2 rings (SSSR count). The fraction of sp³-hybridized carbons (Fsp3) is 0.231. The Labute approximate surface area is 120 Å². The Hall–Kier alpha value is -2.90. The maximum atomic E-state index is 12.2. The van der Waals surface area contributed by atoms with E-state index in [1.54, 1.807) is 12.4 Å². The van der Waals surface area contributed by atoms with Gasteiger partial charge in [-0.1, -0.05) is 6.92 Å². The van der Waals surface area contributed by atoms with Gasteiger partial charge in [0.2, 0.25) is 0 Å². The minimum atomic E-state index is -0.664. The molecule has 0 aliphatic carbocycles. The van der Waals surface area contributed by atoms with Crippen molar-refractivity contribution in [3.63, 3.8) is 0 Å². The monoisotopic (exact) mass is 290 g/mol. The van der Waals surface area contributed by atoms with Crippen LogP contribution in [0.1, 0.15) is 35.6 Å². The number of benzene rings is 1. The molecule has 2 aromatic rings. The predicted molar refractivity (Wildman–Crippen MR) is 73.8 cm³/mol. The van der Waals surface area contributed by atoms with Crippen LogP contribution < -0.4 is 5.32 Å². The molecule has 21 heavy (non-hydrogen) atoms. The van der Waals surface area contributed by atoms with Crippen LogP contribution in [0, 0.1) is 10.1 Å². The van der Waals surface area contributed by atoms with E-state index in [-0.39, 0.29) is 17.0 Å². The number of carbonyl (C=O) groups is 1. The first-order chi connectivity index (χ1) is 10.0. The van der Waals surface area contributed by atoms with Crippen LogP contribution in [0.4, 0.5) is 5.69 Å². The number of nitrogens with zero attached hydrogens (tertiary/aromatic N) is 2. The zero-order valence-electron chi connectivity index (χ0n) is 11.2. The van der Waals surface area contributed by atoms with Crippen LogP contribution in [0.3, 0.4) is 0 Å². The highest BCUT2D eigenvalue weighted by Gasteiger charge is 2.23. The standard InChI is InChI=1S/C13H14N4O4/c1-2-10(12-14-5-6-15-12)16-13(19)9-7-8(18)3-4-11(9)17(20)21/h3-7,10,18H,2H2,1H3,(H,14,15)(H,16,19). The molecule has 0 fully saturated rings. The summed E-state index contributed by atoms with van der Waals surface area (Å²) < 4.78 is 0. The van der Waals surface area contributed by atoms with E-state index in [0.717, 1.165) is 12.1 Å². The molecule has 8 heteroatoms.